The van der Waals surface area contributed by atoms with Crippen molar-refractivity contribution in [2.75, 3.05) is 39.8 Å². The van der Waals surface area contributed by atoms with Crippen LogP contribution in [0.15, 0.2) is 17.0 Å². The molecule has 1 aromatic carbocycles. The highest BCUT2D eigenvalue weighted by molar-refractivity contribution is 7.89. The summed E-state index contributed by atoms with van der Waals surface area (Å²) in [5.41, 5.74) is 0. The Kier molecular flexibility index (Phi) is 6.16. The lowest BCUT2D eigenvalue weighted by atomic mass is 10.3. The monoisotopic (exact) mass is 382 g/mol. The second-order valence-corrected chi connectivity index (χ2v) is 8.16. The predicted molar refractivity (Wildman–Crippen MR) is 89.9 cm³/mol. The van der Waals surface area contributed by atoms with Gasteiger partial charge < -0.3 is 9.84 Å². The summed E-state index contributed by atoms with van der Waals surface area (Å²) >= 11 is 12.2. The summed E-state index contributed by atoms with van der Waals surface area (Å²) in [5, 5.41) is 9.50. The Morgan fingerprint density at radius 1 is 1.22 bits per heavy atom. The van der Waals surface area contributed by atoms with E-state index in [4.69, 9.17) is 27.9 Å². The molecule has 0 amide bonds. The number of aliphatic hydroxyl groups is 1. The molecule has 0 radical (unpaired) electrons. The zero-order valence-electron chi connectivity index (χ0n) is 13.0. The first-order valence-electron chi connectivity index (χ1n) is 7.19. The van der Waals surface area contributed by atoms with Gasteiger partial charge in [-0.3, -0.25) is 4.90 Å². The van der Waals surface area contributed by atoms with E-state index in [0.29, 0.717) is 38.5 Å². The Bertz CT molecular complexity index is 636. The van der Waals surface area contributed by atoms with E-state index in [0.717, 1.165) is 0 Å². The molecule has 0 aromatic heterocycles. The van der Waals surface area contributed by atoms with Crippen molar-refractivity contribution in [1.82, 2.24) is 9.21 Å². The minimum absolute atomic E-state index is 0.0424. The first-order chi connectivity index (χ1) is 10.8. The van der Waals surface area contributed by atoms with Gasteiger partial charge in [0.15, 0.2) is 0 Å². The summed E-state index contributed by atoms with van der Waals surface area (Å²) in [6.07, 6.45) is -0.441. The predicted octanol–water partition coefficient (Wildman–Crippen LogP) is 1.69. The van der Waals surface area contributed by atoms with Crippen molar-refractivity contribution in [2.24, 2.45) is 0 Å². The molecule has 130 valence electrons. The third-order valence-corrected chi connectivity index (χ3v) is 6.48. The van der Waals surface area contributed by atoms with Crippen LogP contribution in [0, 0.1) is 0 Å². The molecule has 6 nitrogen and oxygen atoms in total. The summed E-state index contributed by atoms with van der Waals surface area (Å²) in [5.74, 6) is 0.403. The highest BCUT2D eigenvalue weighted by Crippen LogP contribution is 2.35. The van der Waals surface area contributed by atoms with Crippen molar-refractivity contribution in [3.63, 3.8) is 0 Å². The van der Waals surface area contributed by atoms with Crippen LogP contribution in [0.25, 0.3) is 0 Å². The molecule has 0 bridgehead atoms. The number of ether oxygens (including phenoxy) is 1. The molecule has 1 fully saturated rings. The van der Waals surface area contributed by atoms with Crippen molar-refractivity contribution in [3.8, 4) is 5.75 Å². The maximum absolute atomic E-state index is 12.8. The van der Waals surface area contributed by atoms with Crippen LogP contribution < -0.4 is 4.74 Å². The molecule has 0 aliphatic carbocycles. The highest BCUT2D eigenvalue weighted by atomic mass is 35.5. The maximum Gasteiger partial charge on any atom is 0.246 e. The number of benzene rings is 1. The van der Waals surface area contributed by atoms with Crippen molar-refractivity contribution in [1.29, 1.82) is 0 Å². The Morgan fingerprint density at radius 3 is 2.17 bits per heavy atom. The lowest BCUT2D eigenvalue weighted by molar-refractivity contribution is 0.103. The Morgan fingerprint density at radius 2 is 1.74 bits per heavy atom. The zero-order chi connectivity index (χ0) is 17.2. The number of nitrogens with zero attached hydrogens (tertiary/aromatic N) is 2. The third kappa shape index (κ3) is 4.29. The van der Waals surface area contributed by atoms with Crippen molar-refractivity contribution in [3.05, 3.63) is 22.2 Å². The molecule has 1 N–H and O–H groups in total. The lowest BCUT2D eigenvalue weighted by Crippen LogP contribution is -2.50. The maximum atomic E-state index is 12.8. The van der Waals surface area contributed by atoms with Crippen LogP contribution >= 0.6 is 23.2 Å². The largest absolute Gasteiger partial charge is 0.497 e. The number of methoxy groups -OCH3 is 1. The van der Waals surface area contributed by atoms with Gasteiger partial charge >= 0.3 is 0 Å². The van der Waals surface area contributed by atoms with Crippen LogP contribution in [0.4, 0.5) is 0 Å². The molecule has 1 unspecified atom stereocenters. The average Bonchev–Trinajstić information content (AvgIpc) is 2.46. The topological polar surface area (TPSA) is 70.1 Å². The molecule has 1 aliphatic heterocycles. The number of sulfonamides is 1. The van der Waals surface area contributed by atoms with Crippen molar-refractivity contribution >= 4 is 33.2 Å². The van der Waals surface area contributed by atoms with E-state index in [2.05, 4.69) is 0 Å². The van der Waals surface area contributed by atoms with E-state index in [9.17, 15) is 13.5 Å². The van der Waals surface area contributed by atoms with Crippen LogP contribution in [0.5, 0.6) is 5.75 Å². The summed E-state index contributed by atoms with van der Waals surface area (Å²) in [6.45, 7) is 3.99. The number of aliphatic hydroxyl groups excluding tert-OH is 1. The summed E-state index contributed by atoms with van der Waals surface area (Å²) in [4.78, 5) is 1.93. The molecule has 1 heterocycles. The van der Waals surface area contributed by atoms with Crippen molar-refractivity contribution in [2.45, 2.75) is 17.9 Å². The van der Waals surface area contributed by atoms with Gasteiger partial charge in [0, 0.05) is 44.9 Å². The lowest BCUT2D eigenvalue weighted by Gasteiger charge is -2.34. The normalized spacial score (nSPS) is 18.8. The standard InChI is InChI=1S/C14H20Cl2N2O4S/c1-10(19)9-17-3-5-18(6-4-17)23(20,21)14-12(15)7-11(22-2)8-13(14)16/h7-8,10,19H,3-6,9H2,1-2H3. The van der Waals surface area contributed by atoms with E-state index >= 15 is 0 Å². The van der Waals surface area contributed by atoms with Gasteiger partial charge in [-0.15, -0.1) is 0 Å². The van der Waals surface area contributed by atoms with E-state index < -0.39 is 16.1 Å². The fraction of sp³-hybridized carbons (Fsp3) is 0.571. The van der Waals surface area contributed by atoms with Crippen LogP contribution in [-0.4, -0.2) is 68.7 Å². The molecule has 9 heteroatoms. The SMILES string of the molecule is COc1cc(Cl)c(S(=O)(=O)N2CCN(CC(C)O)CC2)c(Cl)c1. The number of halogens is 2. The molecule has 1 atom stereocenters. The quantitative estimate of drug-likeness (QED) is 0.838. The summed E-state index contributed by atoms with van der Waals surface area (Å²) in [7, 11) is -2.32. The molecular formula is C14H20Cl2N2O4S. The molecule has 0 saturated carbocycles. The molecule has 2 rings (SSSR count). The van der Waals surface area contributed by atoms with Gasteiger partial charge in [0.25, 0.3) is 0 Å². The minimum Gasteiger partial charge on any atom is -0.497 e. The minimum atomic E-state index is -3.78. The molecule has 1 aromatic rings. The van der Waals surface area contributed by atoms with Crippen LogP contribution in [0.1, 0.15) is 6.92 Å². The van der Waals surface area contributed by atoms with Gasteiger partial charge in [-0.25, -0.2) is 8.42 Å². The molecule has 23 heavy (non-hydrogen) atoms. The fourth-order valence-corrected chi connectivity index (χ4v) is 5.12. The van der Waals surface area contributed by atoms with E-state index in [1.807, 2.05) is 4.90 Å². The number of hydrogen-bond acceptors (Lipinski definition) is 5. The van der Waals surface area contributed by atoms with Crippen LogP contribution in [0.3, 0.4) is 0 Å². The number of piperazine rings is 1. The molecule has 1 aliphatic rings. The first kappa shape index (κ1) is 18.8. The van der Waals surface area contributed by atoms with Crippen LogP contribution in [0.2, 0.25) is 10.0 Å². The highest BCUT2D eigenvalue weighted by Gasteiger charge is 2.32. The van der Waals surface area contributed by atoms with E-state index in [-0.39, 0.29) is 14.9 Å². The Balaban J connectivity index is 2.20. The molecule has 0 spiro atoms. The molecular weight excluding hydrogens is 363 g/mol. The van der Waals surface area contributed by atoms with Crippen molar-refractivity contribution < 1.29 is 18.3 Å². The zero-order valence-corrected chi connectivity index (χ0v) is 15.3. The smallest absolute Gasteiger partial charge is 0.246 e. The van der Waals surface area contributed by atoms with E-state index in [1.165, 1.54) is 23.5 Å². The number of β-amino-alcohol motifs (C(OH)–C–C–N with tert-alkyl or cyclic N) is 1. The van der Waals surface area contributed by atoms with Crippen LogP contribution in [-0.2, 0) is 10.0 Å². The van der Waals surface area contributed by atoms with Gasteiger partial charge in [-0.2, -0.15) is 4.31 Å². The Labute approximate surface area is 146 Å². The van der Waals surface area contributed by atoms with Gasteiger partial charge in [-0.05, 0) is 6.92 Å². The molecule has 1 saturated heterocycles. The number of hydrogen-bond donors (Lipinski definition) is 1. The van der Waals surface area contributed by atoms with Gasteiger partial charge in [0.1, 0.15) is 10.6 Å². The summed E-state index contributed by atoms with van der Waals surface area (Å²) in [6, 6.07) is 2.87. The second-order valence-electron chi connectivity index (χ2n) is 5.47. The van der Waals surface area contributed by atoms with E-state index in [1.54, 1.807) is 6.92 Å². The van der Waals surface area contributed by atoms with Gasteiger partial charge in [-0.1, -0.05) is 23.2 Å². The van der Waals surface area contributed by atoms with Gasteiger partial charge in [0.05, 0.1) is 23.3 Å². The first-order valence-corrected chi connectivity index (χ1v) is 9.39. The second kappa shape index (κ2) is 7.55. The fourth-order valence-electron chi connectivity index (χ4n) is 2.56. The Hall–Kier alpha value is -0.570. The average molecular weight is 383 g/mol. The number of rotatable bonds is 5. The summed E-state index contributed by atoms with van der Waals surface area (Å²) < 4.78 is 32.0. The third-order valence-electron chi connectivity index (χ3n) is 3.66. The van der Waals surface area contributed by atoms with Gasteiger partial charge in [0.2, 0.25) is 10.0 Å².